The number of anilines is 1. The Morgan fingerprint density at radius 3 is 2.70 bits per heavy atom. The van der Waals surface area contributed by atoms with Crippen LogP contribution in [0.4, 0.5) is 14.5 Å². The average Bonchev–Trinajstić information content (AvgIpc) is 2.83. The largest absolute Gasteiger partial charge is 0.465 e. The summed E-state index contributed by atoms with van der Waals surface area (Å²) in [6.07, 6.45) is 0. The van der Waals surface area contributed by atoms with Crippen molar-refractivity contribution in [1.82, 2.24) is 0 Å². The van der Waals surface area contributed by atoms with E-state index in [1.807, 2.05) is 0 Å². The van der Waals surface area contributed by atoms with Crippen molar-refractivity contribution >= 4 is 34.6 Å². The zero-order valence-electron chi connectivity index (χ0n) is 10.4. The Balaban J connectivity index is 2.20. The second kappa shape index (κ2) is 6.19. The van der Waals surface area contributed by atoms with Crippen LogP contribution < -0.4 is 5.32 Å². The predicted octanol–water partition coefficient (Wildman–Crippen LogP) is 4.08. The monoisotopic (exact) mass is 317 g/mol. The summed E-state index contributed by atoms with van der Waals surface area (Å²) >= 11 is 7.19. The number of carbonyl (C=O) groups is 1. The zero-order chi connectivity index (χ0) is 14.7. The maximum Gasteiger partial charge on any atom is 0.340 e. The molecule has 1 heterocycles. The van der Waals surface area contributed by atoms with Gasteiger partial charge in [-0.3, -0.25) is 0 Å². The summed E-state index contributed by atoms with van der Waals surface area (Å²) in [4.78, 5) is 12.2. The van der Waals surface area contributed by atoms with Crippen LogP contribution in [0.1, 0.15) is 15.2 Å². The highest BCUT2D eigenvalue weighted by Gasteiger charge is 2.16. The number of carbonyl (C=O) groups excluding carboxylic acids is 1. The molecule has 0 atom stereocenters. The van der Waals surface area contributed by atoms with Crippen LogP contribution in [-0.4, -0.2) is 13.1 Å². The van der Waals surface area contributed by atoms with E-state index in [2.05, 4.69) is 10.1 Å². The SMILES string of the molecule is COC(=O)c1cc(NCc2cc(Cl)cs2)c(F)cc1F. The van der Waals surface area contributed by atoms with E-state index in [0.29, 0.717) is 17.6 Å². The highest BCUT2D eigenvalue weighted by molar-refractivity contribution is 7.10. The van der Waals surface area contributed by atoms with E-state index < -0.39 is 17.6 Å². The number of esters is 1. The number of nitrogens with one attached hydrogen (secondary N) is 1. The Labute approximate surface area is 123 Å². The lowest BCUT2D eigenvalue weighted by Crippen LogP contribution is -2.08. The van der Waals surface area contributed by atoms with E-state index in [1.54, 1.807) is 11.4 Å². The van der Waals surface area contributed by atoms with E-state index in [9.17, 15) is 13.6 Å². The summed E-state index contributed by atoms with van der Waals surface area (Å²) in [6.45, 7) is 0.320. The minimum atomic E-state index is -0.959. The lowest BCUT2D eigenvalue weighted by Gasteiger charge is -2.09. The Morgan fingerprint density at radius 2 is 2.10 bits per heavy atom. The number of halogens is 3. The van der Waals surface area contributed by atoms with Gasteiger partial charge in [-0.15, -0.1) is 11.3 Å². The average molecular weight is 318 g/mol. The van der Waals surface area contributed by atoms with Crippen molar-refractivity contribution in [3.63, 3.8) is 0 Å². The molecule has 106 valence electrons. The van der Waals surface area contributed by atoms with Gasteiger partial charge in [-0.1, -0.05) is 11.6 Å². The summed E-state index contributed by atoms with van der Waals surface area (Å²) in [5, 5.41) is 5.14. The van der Waals surface area contributed by atoms with Gasteiger partial charge in [0.05, 0.1) is 23.4 Å². The first-order valence-corrected chi connectivity index (χ1v) is 6.81. The lowest BCUT2D eigenvalue weighted by molar-refractivity contribution is 0.0595. The van der Waals surface area contributed by atoms with Gasteiger partial charge in [0.15, 0.2) is 0 Å². The van der Waals surface area contributed by atoms with Crippen LogP contribution in [0.3, 0.4) is 0 Å². The molecule has 0 saturated heterocycles. The van der Waals surface area contributed by atoms with E-state index in [4.69, 9.17) is 11.6 Å². The number of thiophene rings is 1. The number of hydrogen-bond donors (Lipinski definition) is 1. The second-order valence-corrected chi connectivity index (χ2v) is 5.32. The molecule has 7 heteroatoms. The molecule has 0 unspecified atom stereocenters. The van der Waals surface area contributed by atoms with Crippen LogP contribution in [-0.2, 0) is 11.3 Å². The van der Waals surface area contributed by atoms with Crippen LogP contribution in [0, 0.1) is 11.6 Å². The van der Waals surface area contributed by atoms with Gasteiger partial charge in [0, 0.05) is 22.9 Å². The third-order valence-electron chi connectivity index (χ3n) is 2.54. The van der Waals surface area contributed by atoms with Gasteiger partial charge in [-0.2, -0.15) is 0 Å². The summed E-state index contributed by atoms with van der Waals surface area (Å²) in [6, 6.07) is 3.48. The summed E-state index contributed by atoms with van der Waals surface area (Å²) in [5.41, 5.74) is -0.295. The molecule has 20 heavy (non-hydrogen) atoms. The molecular weight excluding hydrogens is 308 g/mol. The fourth-order valence-corrected chi connectivity index (χ4v) is 2.59. The van der Waals surface area contributed by atoms with Crippen LogP contribution >= 0.6 is 22.9 Å². The zero-order valence-corrected chi connectivity index (χ0v) is 11.9. The fourth-order valence-electron chi connectivity index (χ4n) is 1.58. The van der Waals surface area contributed by atoms with E-state index >= 15 is 0 Å². The molecule has 3 nitrogen and oxygen atoms in total. The minimum absolute atomic E-state index is 0.0244. The molecule has 0 bridgehead atoms. The topological polar surface area (TPSA) is 38.3 Å². The first-order valence-electron chi connectivity index (χ1n) is 5.55. The van der Waals surface area contributed by atoms with Gasteiger partial charge >= 0.3 is 5.97 Å². The van der Waals surface area contributed by atoms with Crippen molar-refractivity contribution in [2.75, 3.05) is 12.4 Å². The third kappa shape index (κ3) is 3.26. The molecule has 1 aromatic heterocycles. The van der Waals surface area contributed by atoms with E-state index in [0.717, 1.165) is 18.1 Å². The highest BCUT2D eigenvalue weighted by atomic mass is 35.5. The molecule has 2 aromatic rings. The van der Waals surface area contributed by atoms with E-state index in [-0.39, 0.29) is 11.3 Å². The summed E-state index contributed by atoms with van der Waals surface area (Å²) in [5.74, 6) is -2.60. The van der Waals surface area contributed by atoms with Crippen LogP contribution in [0.15, 0.2) is 23.6 Å². The van der Waals surface area contributed by atoms with Gasteiger partial charge in [-0.25, -0.2) is 13.6 Å². The minimum Gasteiger partial charge on any atom is -0.465 e. The fraction of sp³-hybridized carbons (Fsp3) is 0.154. The standard InChI is InChI=1S/C13H10ClF2NO2S/c1-19-13(18)9-3-12(11(16)4-10(9)15)17-5-8-2-7(14)6-20-8/h2-4,6,17H,5H2,1H3. The van der Waals surface area contributed by atoms with Crippen molar-refractivity contribution in [3.8, 4) is 0 Å². The van der Waals surface area contributed by atoms with Gasteiger partial charge in [-0.05, 0) is 12.1 Å². The Hall–Kier alpha value is -1.66. The van der Waals surface area contributed by atoms with Gasteiger partial charge in [0.1, 0.15) is 11.6 Å². The Bertz CT molecular complexity index is 645. The predicted molar refractivity (Wildman–Crippen MR) is 74.4 cm³/mol. The second-order valence-electron chi connectivity index (χ2n) is 3.89. The Morgan fingerprint density at radius 1 is 1.35 bits per heavy atom. The summed E-state index contributed by atoms with van der Waals surface area (Å²) < 4.78 is 31.5. The van der Waals surface area contributed by atoms with Crippen molar-refractivity contribution in [3.05, 3.63) is 50.7 Å². The maximum atomic E-state index is 13.6. The molecule has 2 rings (SSSR count). The van der Waals surface area contributed by atoms with Crippen LogP contribution in [0.25, 0.3) is 0 Å². The van der Waals surface area contributed by atoms with Gasteiger partial charge in [0.25, 0.3) is 0 Å². The highest BCUT2D eigenvalue weighted by Crippen LogP contribution is 2.23. The van der Waals surface area contributed by atoms with Crippen LogP contribution in [0.2, 0.25) is 5.02 Å². The molecule has 0 spiro atoms. The molecule has 0 saturated carbocycles. The smallest absolute Gasteiger partial charge is 0.340 e. The normalized spacial score (nSPS) is 10.4. The number of ether oxygens (including phenoxy) is 1. The number of benzene rings is 1. The van der Waals surface area contributed by atoms with Gasteiger partial charge in [0.2, 0.25) is 0 Å². The number of rotatable bonds is 4. The van der Waals surface area contributed by atoms with Crippen molar-refractivity contribution < 1.29 is 18.3 Å². The molecule has 0 aliphatic rings. The van der Waals surface area contributed by atoms with E-state index in [1.165, 1.54) is 11.3 Å². The molecule has 0 amide bonds. The van der Waals surface area contributed by atoms with Crippen LogP contribution in [0.5, 0.6) is 0 Å². The third-order valence-corrected chi connectivity index (χ3v) is 3.82. The first-order chi connectivity index (χ1) is 9.51. The first kappa shape index (κ1) is 14.7. The van der Waals surface area contributed by atoms with Crippen molar-refractivity contribution in [2.24, 2.45) is 0 Å². The van der Waals surface area contributed by atoms with Crippen molar-refractivity contribution in [1.29, 1.82) is 0 Å². The Kier molecular flexibility index (Phi) is 4.57. The lowest BCUT2D eigenvalue weighted by atomic mass is 10.1. The van der Waals surface area contributed by atoms with Gasteiger partial charge < -0.3 is 10.1 Å². The number of hydrogen-bond acceptors (Lipinski definition) is 4. The summed E-state index contributed by atoms with van der Waals surface area (Å²) in [7, 11) is 1.13. The molecule has 0 radical (unpaired) electrons. The molecule has 0 fully saturated rings. The molecule has 0 aliphatic carbocycles. The quantitative estimate of drug-likeness (QED) is 0.864. The molecule has 0 aliphatic heterocycles. The number of methoxy groups -OCH3 is 1. The molecule has 1 N–H and O–H groups in total. The van der Waals surface area contributed by atoms with Crippen molar-refractivity contribution in [2.45, 2.75) is 6.54 Å². The molecular formula is C13H10ClF2NO2S. The molecule has 1 aromatic carbocycles. The maximum absolute atomic E-state index is 13.6.